The second-order valence-corrected chi connectivity index (χ2v) is 6.75. The third kappa shape index (κ3) is 5.27. The summed E-state index contributed by atoms with van der Waals surface area (Å²) in [5.41, 5.74) is 1.04. The molecule has 1 saturated heterocycles. The molecule has 1 N–H and O–H groups in total. The molecule has 5 heteroatoms. The van der Waals surface area contributed by atoms with Gasteiger partial charge in [0.1, 0.15) is 0 Å². The number of hydrogen-bond donors (Lipinski definition) is 1. The number of methoxy groups -OCH3 is 2. The fraction of sp³-hybridized carbons (Fsp3) is 0.667. The van der Waals surface area contributed by atoms with E-state index in [2.05, 4.69) is 17.1 Å². The Kier molecular flexibility index (Phi) is 7.47. The van der Waals surface area contributed by atoms with Crippen LogP contribution in [0.4, 0.5) is 0 Å². The summed E-state index contributed by atoms with van der Waals surface area (Å²) in [7, 11) is 3.23. The Bertz CT molecular complexity index is 490. The lowest BCUT2D eigenvalue weighted by Crippen LogP contribution is -2.36. The predicted octanol–water partition coefficient (Wildman–Crippen LogP) is 3.57. The van der Waals surface area contributed by atoms with E-state index in [9.17, 15) is 0 Å². The minimum atomic E-state index is 0.606. The molecular weight excluding hydrogens is 312 g/mol. The Labute approximate surface area is 145 Å². The maximum Gasteiger partial charge on any atom is 0.179 e. The van der Waals surface area contributed by atoms with E-state index < -0.39 is 0 Å². The van der Waals surface area contributed by atoms with Crippen LogP contribution >= 0.6 is 11.6 Å². The van der Waals surface area contributed by atoms with Gasteiger partial charge in [0.05, 0.1) is 19.2 Å². The molecule has 2 rings (SSSR count). The summed E-state index contributed by atoms with van der Waals surface area (Å²) >= 11 is 6.41. The molecule has 1 aromatic carbocycles. The molecule has 0 aliphatic carbocycles. The molecule has 0 aromatic heterocycles. The van der Waals surface area contributed by atoms with Gasteiger partial charge in [-0.25, -0.2) is 0 Å². The number of ether oxygens (including phenoxy) is 2. The number of benzene rings is 1. The number of nitrogens with zero attached hydrogens (tertiary/aromatic N) is 1. The van der Waals surface area contributed by atoms with Gasteiger partial charge in [0.15, 0.2) is 11.5 Å². The summed E-state index contributed by atoms with van der Waals surface area (Å²) in [6.07, 6.45) is 4.09. The fourth-order valence-corrected chi connectivity index (χ4v) is 3.47. The zero-order valence-corrected chi connectivity index (χ0v) is 15.3. The topological polar surface area (TPSA) is 33.7 Å². The van der Waals surface area contributed by atoms with Crippen molar-refractivity contribution >= 4 is 11.6 Å². The van der Waals surface area contributed by atoms with Gasteiger partial charge in [-0.15, -0.1) is 0 Å². The van der Waals surface area contributed by atoms with Crippen molar-refractivity contribution in [2.45, 2.75) is 32.7 Å². The molecule has 1 fully saturated rings. The van der Waals surface area contributed by atoms with Crippen molar-refractivity contribution in [3.8, 4) is 11.5 Å². The SMILES string of the molecule is COc1ccc(CNCC(C)CN2CCCCC2)c(Cl)c1OC. The number of rotatable bonds is 8. The van der Waals surface area contributed by atoms with Gasteiger partial charge in [-0.05, 0) is 50.0 Å². The van der Waals surface area contributed by atoms with Crippen LogP contribution in [0.5, 0.6) is 11.5 Å². The molecule has 1 atom stereocenters. The Hall–Kier alpha value is -0.970. The third-order valence-electron chi connectivity index (χ3n) is 4.39. The molecule has 0 amide bonds. The smallest absolute Gasteiger partial charge is 0.179 e. The number of hydrogen-bond acceptors (Lipinski definition) is 4. The van der Waals surface area contributed by atoms with Crippen molar-refractivity contribution in [3.05, 3.63) is 22.7 Å². The summed E-state index contributed by atoms with van der Waals surface area (Å²) < 4.78 is 10.6. The van der Waals surface area contributed by atoms with Gasteiger partial charge in [0.25, 0.3) is 0 Å². The van der Waals surface area contributed by atoms with E-state index in [4.69, 9.17) is 21.1 Å². The third-order valence-corrected chi connectivity index (χ3v) is 4.81. The first-order valence-electron chi connectivity index (χ1n) is 8.48. The second-order valence-electron chi connectivity index (χ2n) is 6.37. The molecule has 1 heterocycles. The molecule has 1 aliphatic rings. The van der Waals surface area contributed by atoms with Gasteiger partial charge in [0, 0.05) is 13.1 Å². The van der Waals surface area contributed by atoms with Gasteiger partial charge in [-0.2, -0.15) is 0 Å². The highest BCUT2D eigenvalue weighted by Gasteiger charge is 2.15. The highest BCUT2D eigenvalue weighted by molar-refractivity contribution is 6.33. The normalized spacial score (nSPS) is 17.0. The van der Waals surface area contributed by atoms with Crippen molar-refractivity contribution in [2.24, 2.45) is 5.92 Å². The van der Waals surface area contributed by atoms with E-state index in [1.54, 1.807) is 14.2 Å². The number of nitrogens with one attached hydrogen (secondary N) is 1. The first-order valence-corrected chi connectivity index (χ1v) is 8.86. The molecule has 4 nitrogen and oxygen atoms in total. The van der Waals surface area contributed by atoms with Crippen LogP contribution in [-0.2, 0) is 6.54 Å². The van der Waals surface area contributed by atoms with Crippen molar-refractivity contribution in [2.75, 3.05) is 40.4 Å². The van der Waals surface area contributed by atoms with Crippen LogP contribution in [-0.4, -0.2) is 45.3 Å². The van der Waals surface area contributed by atoms with Gasteiger partial charge < -0.3 is 19.7 Å². The summed E-state index contributed by atoms with van der Waals surface area (Å²) in [6, 6.07) is 3.89. The van der Waals surface area contributed by atoms with Gasteiger partial charge in [-0.1, -0.05) is 31.0 Å². The lowest BCUT2D eigenvalue weighted by molar-refractivity contribution is 0.199. The quantitative estimate of drug-likeness (QED) is 0.784. The van der Waals surface area contributed by atoms with Gasteiger partial charge >= 0.3 is 0 Å². The predicted molar refractivity (Wildman–Crippen MR) is 95.7 cm³/mol. The monoisotopic (exact) mass is 340 g/mol. The average Bonchev–Trinajstić information content (AvgIpc) is 2.57. The molecule has 130 valence electrons. The first kappa shape index (κ1) is 18.4. The number of likely N-dealkylation sites (tertiary alicyclic amines) is 1. The lowest BCUT2D eigenvalue weighted by atomic mass is 10.1. The van der Waals surface area contributed by atoms with Crippen LogP contribution in [0, 0.1) is 5.92 Å². The molecule has 0 saturated carbocycles. The molecule has 0 radical (unpaired) electrons. The lowest BCUT2D eigenvalue weighted by Gasteiger charge is -2.29. The van der Waals surface area contributed by atoms with Gasteiger partial charge in [0.2, 0.25) is 0 Å². The summed E-state index contributed by atoms with van der Waals surface area (Å²) in [4.78, 5) is 2.58. The van der Waals surface area contributed by atoms with E-state index >= 15 is 0 Å². The highest BCUT2D eigenvalue weighted by atomic mass is 35.5. The van der Waals surface area contributed by atoms with Crippen LogP contribution in [0.2, 0.25) is 5.02 Å². The fourth-order valence-electron chi connectivity index (χ4n) is 3.17. The largest absolute Gasteiger partial charge is 0.493 e. The van der Waals surface area contributed by atoms with Crippen molar-refractivity contribution in [1.29, 1.82) is 0 Å². The maximum atomic E-state index is 6.41. The second kappa shape index (κ2) is 9.36. The molecule has 1 aromatic rings. The van der Waals surface area contributed by atoms with Crippen molar-refractivity contribution in [3.63, 3.8) is 0 Å². The Balaban J connectivity index is 1.81. The number of halogens is 1. The average molecular weight is 341 g/mol. The van der Waals surface area contributed by atoms with E-state index in [1.807, 2.05) is 12.1 Å². The molecular formula is C18H29ClN2O2. The van der Waals surface area contributed by atoms with Gasteiger partial charge in [-0.3, -0.25) is 0 Å². The Morgan fingerprint density at radius 2 is 1.91 bits per heavy atom. The summed E-state index contributed by atoms with van der Waals surface area (Å²) in [6.45, 7) is 7.72. The molecule has 23 heavy (non-hydrogen) atoms. The zero-order valence-electron chi connectivity index (χ0n) is 14.5. The minimum Gasteiger partial charge on any atom is -0.493 e. The molecule has 0 bridgehead atoms. The zero-order chi connectivity index (χ0) is 16.7. The number of piperidine rings is 1. The summed E-state index contributed by atoms with van der Waals surface area (Å²) in [5, 5.41) is 4.14. The van der Waals surface area contributed by atoms with Crippen LogP contribution < -0.4 is 14.8 Å². The Morgan fingerprint density at radius 3 is 2.57 bits per heavy atom. The van der Waals surface area contributed by atoms with Crippen LogP contribution in [0.25, 0.3) is 0 Å². The Morgan fingerprint density at radius 1 is 1.17 bits per heavy atom. The van der Waals surface area contributed by atoms with Crippen molar-refractivity contribution in [1.82, 2.24) is 10.2 Å². The molecule has 0 spiro atoms. The van der Waals surface area contributed by atoms with Crippen molar-refractivity contribution < 1.29 is 9.47 Å². The van der Waals surface area contributed by atoms with E-state index in [-0.39, 0.29) is 0 Å². The van der Waals surface area contributed by atoms with E-state index in [1.165, 1.54) is 38.9 Å². The molecule has 1 aliphatic heterocycles. The highest BCUT2D eigenvalue weighted by Crippen LogP contribution is 2.37. The summed E-state index contributed by atoms with van der Waals surface area (Å²) in [5.74, 6) is 1.90. The maximum absolute atomic E-state index is 6.41. The van der Waals surface area contributed by atoms with Crippen LogP contribution in [0.1, 0.15) is 31.7 Å². The van der Waals surface area contributed by atoms with E-state index in [0.29, 0.717) is 22.4 Å². The molecule has 1 unspecified atom stereocenters. The first-order chi connectivity index (χ1) is 11.2. The van der Waals surface area contributed by atoms with Crippen LogP contribution in [0.3, 0.4) is 0 Å². The standard InChI is InChI=1S/C18H29ClN2O2/c1-14(13-21-9-5-4-6-10-21)11-20-12-15-7-8-16(22-2)18(23-3)17(15)19/h7-8,14,20H,4-6,9-13H2,1-3H3. The van der Waals surface area contributed by atoms with E-state index in [0.717, 1.165) is 18.7 Å². The minimum absolute atomic E-state index is 0.606. The van der Waals surface area contributed by atoms with Crippen LogP contribution in [0.15, 0.2) is 12.1 Å².